The van der Waals surface area contributed by atoms with Crippen molar-refractivity contribution >= 4 is 27.8 Å². The minimum absolute atomic E-state index is 0.239. The Hall–Kier alpha value is -2.28. The third-order valence-corrected chi connectivity index (χ3v) is 3.73. The van der Waals surface area contributed by atoms with Gasteiger partial charge in [0.25, 0.3) is 5.91 Å². The lowest BCUT2D eigenvalue weighted by molar-refractivity contribution is -0.133. The van der Waals surface area contributed by atoms with Gasteiger partial charge in [0.1, 0.15) is 11.6 Å². The molecule has 7 heteroatoms. The Morgan fingerprint density at radius 3 is 2.42 bits per heavy atom. The first-order valence-corrected chi connectivity index (χ1v) is 7.76. The molecule has 0 saturated heterocycles. The van der Waals surface area contributed by atoms with Crippen LogP contribution in [-0.4, -0.2) is 30.4 Å². The maximum Gasteiger partial charge on any atom is 0.341 e. The second-order valence-corrected chi connectivity index (χ2v) is 5.99. The number of carbonyl (C=O) groups is 2. The summed E-state index contributed by atoms with van der Waals surface area (Å²) in [6.07, 6.45) is 0. The molecule has 0 heterocycles. The fourth-order valence-corrected chi connectivity index (χ4v) is 2.26. The lowest BCUT2D eigenvalue weighted by Crippen LogP contribution is -2.31. The van der Waals surface area contributed by atoms with Gasteiger partial charge in [-0.1, -0.05) is 28.1 Å². The van der Waals surface area contributed by atoms with Gasteiger partial charge in [0, 0.05) is 18.1 Å². The summed E-state index contributed by atoms with van der Waals surface area (Å²) in [6.45, 7) is -0.269. The van der Waals surface area contributed by atoms with Crippen molar-refractivity contribution in [3.63, 3.8) is 0 Å². The third kappa shape index (κ3) is 4.86. The van der Waals surface area contributed by atoms with Gasteiger partial charge >= 0.3 is 5.97 Å². The second kappa shape index (κ2) is 8.01. The first-order chi connectivity index (χ1) is 11.4. The molecule has 4 nitrogen and oxygen atoms in total. The van der Waals surface area contributed by atoms with E-state index in [4.69, 9.17) is 4.74 Å². The summed E-state index contributed by atoms with van der Waals surface area (Å²) < 4.78 is 31.8. The highest BCUT2D eigenvalue weighted by Gasteiger charge is 2.17. The van der Waals surface area contributed by atoms with E-state index < -0.39 is 24.3 Å². The van der Waals surface area contributed by atoms with Gasteiger partial charge in [-0.3, -0.25) is 4.79 Å². The summed E-state index contributed by atoms with van der Waals surface area (Å²) in [4.78, 5) is 25.1. The molecule has 0 aliphatic rings. The molecule has 0 bridgehead atoms. The molecular weight excluding hydrogens is 384 g/mol. The maximum absolute atomic E-state index is 13.6. The van der Waals surface area contributed by atoms with Crippen LogP contribution in [0.2, 0.25) is 0 Å². The molecule has 0 unspecified atom stereocenters. The number of hydrogen-bond acceptors (Lipinski definition) is 3. The van der Waals surface area contributed by atoms with Crippen LogP contribution in [-0.2, 0) is 16.1 Å². The van der Waals surface area contributed by atoms with Crippen LogP contribution in [0.4, 0.5) is 8.78 Å². The van der Waals surface area contributed by atoms with Crippen LogP contribution in [0.3, 0.4) is 0 Å². The van der Waals surface area contributed by atoms with Crippen molar-refractivity contribution in [2.45, 2.75) is 6.54 Å². The monoisotopic (exact) mass is 397 g/mol. The normalized spacial score (nSPS) is 10.3. The molecule has 0 spiro atoms. The number of hydrogen-bond donors (Lipinski definition) is 0. The number of amides is 1. The van der Waals surface area contributed by atoms with Gasteiger partial charge in [-0.2, -0.15) is 0 Å². The summed E-state index contributed by atoms with van der Waals surface area (Å²) in [5.74, 6) is -2.46. The smallest absolute Gasteiger partial charge is 0.341 e. The maximum atomic E-state index is 13.6. The van der Waals surface area contributed by atoms with Crippen molar-refractivity contribution < 1.29 is 23.1 Å². The van der Waals surface area contributed by atoms with Crippen LogP contribution in [0, 0.1) is 11.6 Å². The summed E-state index contributed by atoms with van der Waals surface area (Å²) in [6, 6.07) is 9.62. The van der Waals surface area contributed by atoms with Crippen molar-refractivity contribution in [2.75, 3.05) is 13.7 Å². The molecule has 1 amide bonds. The topological polar surface area (TPSA) is 46.6 Å². The molecule has 0 aliphatic carbocycles. The lowest BCUT2D eigenvalue weighted by Gasteiger charge is -2.17. The Labute approximate surface area is 146 Å². The SMILES string of the molecule is CN(Cc1ccc(F)cc1)C(=O)COC(=O)c1ccc(Br)cc1F. The van der Waals surface area contributed by atoms with E-state index in [9.17, 15) is 18.4 Å². The number of esters is 1. The quantitative estimate of drug-likeness (QED) is 0.724. The summed E-state index contributed by atoms with van der Waals surface area (Å²) in [5, 5.41) is 0. The van der Waals surface area contributed by atoms with Crippen molar-refractivity contribution in [2.24, 2.45) is 0 Å². The number of benzene rings is 2. The van der Waals surface area contributed by atoms with Crippen molar-refractivity contribution in [3.05, 3.63) is 69.7 Å². The highest BCUT2D eigenvalue weighted by Crippen LogP contribution is 2.16. The van der Waals surface area contributed by atoms with Crippen LogP contribution in [0.15, 0.2) is 46.9 Å². The number of likely N-dealkylation sites (N-methyl/N-ethyl adjacent to an activating group) is 1. The zero-order valence-corrected chi connectivity index (χ0v) is 14.3. The molecule has 0 atom stereocenters. The number of nitrogens with zero attached hydrogens (tertiary/aromatic N) is 1. The molecule has 2 aromatic rings. The van der Waals surface area contributed by atoms with Gasteiger partial charge in [0.2, 0.25) is 0 Å². The molecule has 0 N–H and O–H groups in total. The standard InChI is InChI=1S/C17H14BrF2NO3/c1-21(9-11-2-5-13(19)6-3-11)16(22)10-24-17(23)14-7-4-12(18)8-15(14)20/h2-8H,9-10H2,1H3. The van der Waals surface area contributed by atoms with Gasteiger partial charge in [-0.25, -0.2) is 13.6 Å². The van der Waals surface area contributed by atoms with E-state index in [1.165, 1.54) is 36.2 Å². The molecule has 24 heavy (non-hydrogen) atoms. The summed E-state index contributed by atoms with van der Waals surface area (Å²) >= 11 is 3.09. The number of carbonyl (C=O) groups excluding carboxylic acids is 2. The highest BCUT2D eigenvalue weighted by atomic mass is 79.9. The number of ether oxygens (including phenoxy) is 1. The zero-order chi connectivity index (χ0) is 17.7. The average molecular weight is 398 g/mol. The van der Waals surface area contributed by atoms with E-state index in [1.807, 2.05) is 0 Å². The Morgan fingerprint density at radius 2 is 1.79 bits per heavy atom. The minimum Gasteiger partial charge on any atom is -0.452 e. The van der Waals surface area contributed by atoms with Gasteiger partial charge in [-0.05, 0) is 35.9 Å². The molecule has 0 aliphatic heterocycles. The number of rotatable bonds is 5. The molecule has 0 aromatic heterocycles. The van der Waals surface area contributed by atoms with E-state index in [1.54, 1.807) is 12.1 Å². The van der Waals surface area contributed by atoms with Crippen LogP contribution < -0.4 is 0 Å². The molecule has 0 saturated carbocycles. The van der Waals surface area contributed by atoms with Crippen LogP contribution in [0.25, 0.3) is 0 Å². The van der Waals surface area contributed by atoms with Crippen molar-refractivity contribution in [1.82, 2.24) is 4.90 Å². The van der Waals surface area contributed by atoms with Gasteiger partial charge in [0.15, 0.2) is 6.61 Å². The average Bonchev–Trinajstić information content (AvgIpc) is 2.54. The van der Waals surface area contributed by atoms with Crippen LogP contribution >= 0.6 is 15.9 Å². The minimum atomic E-state index is -0.913. The van der Waals surface area contributed by atoms with Crippen molar-refractivity contribution in [3.8, 4) is 0 Å². The molecule has 0 radical (unpaired) electrons. The van der Waals surface area contributed by atoms with E-state index in [-0.39, 0.29) is 17.9 Å². The Bertz CT molecular complexity index is 750. The lowest BCUT2D eigenvalue weighted by atomic mass is 10.2. The van der Waals surface area contributed by atoms with Gasteiger partial charge < -0.3 is 9.64 Å². The molecule has 126 valence electrons. The van der Waals surface area contributed by atoms with E-state index in [2.05, 4.69) is 15.9 Å². The van der Waals surface area contributed by atoms with E-state index in [0.29, 0.717) is 4.47 Å². The Morgan fingerprint density at radius 1 is 1.12 bits per heavy atom. The third-order valence-electron chi connectivity index (χ3n) is 3.24. The van der Waals surface area contributed by atoms with Gasteiger partial charge in [-0.15, -0.1) is 0 Å². The highest BCUT2D eigenvalue weighted by molar-refractivity contribution is 9.10. The van der Waals surface area contributed by atoms with Crippen molar-refractivity contribution in [1.29, 1.82) is 0 Å². The van der Waals surface area contributed by atoms with E-state index in [0.717, 1.165) is 11.6 Å². The fraction of sp³-hybridized carbons (Fsp3) is 0.176. The van der Waals surface area contributed by atoms with E-state index >= 15 is 0 Å². The number of halogens is 3. The predicted molar refractivity (Wildman–Crippen MR) is 87.3 cm³/mol. The largest absolute Gasteiger partial charge is 0.452 e. The fourth-order valence-electron chi connectivity index (χ4n) is 1.92. The first-order valence-electron chi connectivity index (χ1n) is 6.97. The Kier molecular flexibility index (Phi) is 6.03. The second-order valence-electron chi connectivity index (χ2n) is 5.08. The van der Waals surface area contributed by atoms with Crippen LogP contribution in [0.5, 0.6) is 0 Å². The molecule has 2 aromatic carbocycles. The summed E-state index contributed by atoms with van der Waals surface area (Å²) in [7, 11) is 1.53. The molecule has 0 fully saturated rings. The first kappa shape index (κ1) is 18.1. The Balaban J connectivity index is 1.89. The van der Waals surface area contributed by atoms with Crippen LogP contribution in [0.1, 0.15) is 15.9 Å². The molecular formula is C17H14BrF2NO3. The predicted octanol–water partition coefficient (Wildman–Crippen LogP) is 3.54. The van der Waals surface area contributed by atoms with Gasteiger partial charge in [0.05, 0.1) is 5.56 Å². The summed E-state index contributed by atoms with van der Waals surface area (Å²) in [5.41, 5.74) is 0.490. The zero-order valence-electron chi connectivity index (χ0n) is 12.8. The molecule has 2 rings (SSSR count).